The van der Waals surface area contributed by atoms with Crippen LogP contribution >= 0.6 is 24.0 Å². The normalized spacial score (nSPS) is 14.6. The summed E-state index contributed by atoms with van der Waals surface area (Å²) >= 11 is 0. The van der Waals surface area contributed by atoms with Crippen LogP contribution < -0.4 is 15.4 Å². The van der Waals surface area contributed by atoms with Crippen molar-refractivity contribution in [3.63, 3.8) is 0 Å². The predicted octanol–water partition coefficient (Wildman–Crippen LogP) is 4.29. The van der Waals surface area contributed by atoms with Gasteiger partial charge < -0.3 is 20.5 Å². The van der Waals surface area contributed by atoms with E-state index in [1.54, 1.807) is 25.2 Å². The number of aliphatic hydroxyl groups is 1. The zero-order valence-corrected chi connectivity index (χ0v) is 19.5. The number of hydrogen-bond donors (Lipinski definition) is 3. The first-order valence-corrected chi connectivity index (χ1v) is 9.77. The summed E-state index contributed by atoms with van der Waals surface area (Å²) in [7, 11) is 1.64. The van der Waals surface area contributed by atoms with Crippen LogP contribution in [0.5, 0.6) is 5.75 Å². The van der Waals surface area contributed by atoms with Gasteiger partial charge in [0, 0.05) is 19.2 Å². The van der Waals surface area contributed by atoms with Crippen LogP contribution in [0.2, 0.25) is 0 Å². The number of nitrogens with zero attached hydrogens (tertiary/aromatic N) is 1. The second kappa shape index (κ2) is 11.5. The Balaban J connectivity index is 0.00000320. The second-order valence-corrected chi connectivity index (χ2v) is 7.32. The fourth-order valence-corrected chi connectivity index (χ4v) is 2.92. The first-order chi connectivity index (χ1) is 14.0. The van der Waals surface area contributed by atoms with Crippen LogP contribution in [-0.4, -0.2) is 24.7 Å². The summed E-state index contributed by atoms with van der Waals surface area (Å²) in [4.78, 5) is 4.18. The number of guanidine groups is 1. The van der Waals surface area contributed by atoms with Crippen LogP contribution in [0.4, 0.5) is 8.78 Å². The first kappa shape index (κ1) is 24.3. The molecule has 0 aromatic heterocycles. The van der Waals surface area contributed by atoms with Gasteiger partial charge in [-0.3, -0.25) is 4.99 Å². The number of hydrogen-bond acceptors (Lipinski definition) is 3. The van der Waals surface area contributed by atoms with Gasteiger partial charge in [-0.25, -0.2) is 8.78 Å². The molecule has 0 spiro atoms. The van der Waals surface area contributed by atoms with Gasteiger partial charge in [-0.1, -0.05) is 12.1 Å². The predicted molar refractivity (Wildman–Crippen MR) is 124 cm³/mol. The molecule has 2 aromatic rings. The van der Waals surface area contributed by atoms with E-state index < -0.39 is 5.82 Å². The third-order valence-electron chi connectivity index (χ3n) is 4.94. The van der Waals surface area contributed by atoms with Crippen molar-refractivity contribution in [3.8, 4) is 5.75 Å². The van der Waals surface area contributed by atoms with E-state index in [1.165, 1.54) is 12.1 Å². The van der Waals surface area contributed by atoms with Gasteiger partial charge >= 0.3 is 0 Å². The minimum atomic E-state index is -0.432. The molecular formula is C22H28F2IN3O2. The Bertz CT molecular complexity index is 875. The Kier molecular flexibility index (Phi) is 9.29. The summed E-state index contributed by atoms with van der Waals surface area (Å²) < 4.78 is 33.4. The van der Waals surface area contributed by atoms with Crippen LogP contribution in [-0.2, 0) is 13.2 Å². The van der Waals surface area contributed by atoms with E-state index in [1.807, 2.05) is 13.0 Å². The van der Waals surface area contributed by atoms with Gasteiger partial charge in [0.15, 0.2) is 17.5 Å². The van der Waals surface area contributed by atoms with Gasteiger partial charge in [-0.05, 0) is 61.1 Å². The quantitative estimate of drug-likeness (QED) is 0.270. The highest BCUT2D eigenvalue weighted by Gasteiger charge is 2.22. The fourth-order valence-electron chi connectivity index (χ4n) is 2.92. The Morgan fingerprint density at radius 3 is 2.60 bits per heavy atom. The third kappa shape index (κ3) is 6.80. The number of nitrogens with one attached hydrogen (secondary N) is 2. The summed E-state index contributed by atoms with van der Waals surface area (Å²) in [5, 5.41) is 15.5. The Morgan fingerprint density at radius 1 is 1.20 bits per heavy atom. The molecule has 2 aromatic carbocycles. The van der Waals surface area contributed by atoms with Crippen molar-refractivity contribution in [2.45, 2.75) is 39.0 Å². The highest BCUT2D eigenvalue weighted by atomic mass is 127. The standard InChI is InChI=1S/C22H27F2N3O2.HI/c1-14(17-6-8-21(20(24)10-17)29-13-15-3-4-15)27-22(25-2)26-11-16-5-7-19(23)18(9-16)12-28;/h5-10,14-15,28H,3-4,11-13H2,1-2H3,(H2,25,26,27);1H. The lowest BCUT2D eigenvalue weighted by Gasteiger charge is -2.19. The molecule has 1 aliphatic carbocycles. The van der Waals surface area contributed by atoms with Crippen molar-refractivity contribution >= 4 is 29.9 Å². The molecule has 0 radical (unpaired) electrons. The molecule has 1 unspecified atom stereocenters. The van der Waals surface area contributed by atoms with Crippen LogP contribution in [0.3, 0.4) is 0 Å². The molecule has 1 aliphatic rings. The Labute approximate surface area is 193 Å². The van der Waals surface area contributed by atoms with Crippen molar-refractivity contribution in [3.05, 3.63) is 64.7 Å². The minimum absolute atomic E-state index is 0. The van der Waals surface area contributed by atoms with Crippen molar-refractivity contribution in [1.29, 1.82) is 0 Å². The summed E-state index contributed by atoms with van der Waals surface area (Å²) in [5.41, 5.74) is 1.84. The molecule has 164 valence electrons. The van der Waals surface area contributed by atoms with Crippen molar-refractivity contribution in [2.24, 2.45) is 10.9 Å². The van der Waals surface area contributed by atoms with E-state index in [0.29, 0.717) is 25.0 Å². The number of aliphatic imine (C=N–C) groups is 1. The molecule has 30 heavy (non-hydrogen) atoms. The fraction of sp³-hybridized carbons (Fsp3) is 0.409. The van der Waals surface area contributed by atoms with Crippen LogP contribution in [0.1, 0.15) is 42.5 Å². The lowest BCUT2D eigenvalue weighted by atomic mass is 10.1. The lowest BCUT2D eigenvalue weighted by molar-refractivity contribution is 0.275. The smallest absolute Gasteiger partial charge is 0.191 e. The molecule has 0 saturated heterocycles. The van der Waals surface area contributed by atoms with E-state index >= 15 is 0 Å². The molecular weight excluding hydrogens is 503 g/mol. The molecule has 8 heteroatoms. The van der Waals surface area contributed by atoms with Crippen LogP contribution in [0, 0.1) is 17.6 Å². The molecule has 3 rings (SSSR count). The molecule has 0 heterocycles. The monoisotopic (exact) mass is 531 g/mol. The Hall–Kier alpha value is -1.94. The highest BCUT2D eigenvalue weighted by molar-refractivity contribution is 14.0. The summed E-state index contributed by atoms with van der Waals surface area (Å²) in [6.07, 6.45) is 2.32. The summed E-state index contributed by atoms with van der Waals surface area (Å²) in [6.45, 7) is 2.54. The van der Waals surface area contributed by atoms with Gasteiger partial charge in [0.2, 0.25) is 0 Å². The molecule has 5 nitrogen and oxygen atoms in total. The van der Waals surface area contributed by atoms with E-state index in [-0.39, 0.29) is 53.8 Å². The number of ether oxygens (including phenoxy) is 1. The van der Waals surface area contributed by atoms with Gasteiger partial charge in [-0.2, -0.15) is 0 Å². The molecule has 1 atom stereocenters. The Morgan fingerprint density at radius 2 is 1.97 bits per heavy atom. The molecule has 0 aliphatic heterocycles. The lowest BCUT2D eigenvalue weighted by Crippen LogP contribution is -2.38. The maximum Gasteiger partial charge on any atom is 0.191 e. The largest absolute Gasteiger partial charge is 0.490 e. The number of aliphatic hydroxyl groups excluding tert-OH is 1. The van der Waals surface area contributed by atoms with E-state index in [0.717, 1.165) is 24.0 Å². The maximum absolute atomic E-state index is 14.3. The molecule has 0 bridgehead atoms. The zero-order valence-electron chi connectivity index (χ0n) is 17.1. The van der Waals surface area contributed by atoms with Gasteiger partial charge in [0.05, 0.1) is 19.3 Å². The SMILES string of the molecule is CN=C(NCc1ccc(F)c(CO)c1)NC(C)c1ccc(OCC2CC2)c(F)c1.I. The minimum Gasteiger partial charge on any atom is -0.490 e. The third-order valence-corrected chi connectivity index (χ3v) is 4.94. The number of halogens is 3. The number of benzene rings is 2. The summed E-state index contributed by atoms with van der Waals surface area (Å²) in [5.74, 6) is 0.577. The average Bonchev–Trinajstić information content (AvgIpc) is 3.55. The zero-order chi connectivity index (χ0) is 20.8. The molecule has 1 fully saturated rings. The number of rotatable bonds is 8. The van der Waals surface area contributed by atoms with Gasteiger partial charge in [0.1, 0.15) is 5.82 Å². The topological polar surface area (TPSA) is 65.9 Å². The van der Waals surface area contributed by atoms with Crippen molar-refractivity contribution in [1.82, 2.24) is 10.6 Å². The van der Waals surface area contributed by atoms with Gasteiger partial charge in [0.25, 0.3) is 0 Å². The highest BCUT2D eigenvalue weighted by Crippen LogP contribution is 2.30. The van der Waals surface area contributed by atoms with Crippen molar-refractivity contribution in [2.75, 3.05) is 13.7 Å². The molecule has 0 amide bonds. The second-order valence-electron chi connectivity index (χ2n) is 7.32. The molecule has 3 N–H and O–H groups in total. The van der Waals surface area contributed by atoms with E-state index in [4.69, 9.17) is 4.74 Å². The van der Waals surface area contributed by atoms with Crippen LogP contribution in [0.25, 0.3) is 0 Å². The maximum atomic E-state index is 14.3. The summed E-state index contributed by atoms with van der Waals surface area (Å²) in [6, 6.07) is 9.37. The van der Waals surface area contributed by atoms with Crippen molar-refractivity contribution < 1.29 is 18.6 Å². The average molecular weight is 531 g/mol. The van der Waals surface area contributed by atoms with E-state index in [9.17, 15) is 13.9 Å². The molecule has 1 saturated carbocycles. The van der Waals surface area contributed by atoms with E-state index in [2.05, 4.69) is 15.6 Å². The first-order valence-electron chi connectivity index (χ1n) is 9.77. The van der Waals surface area contributed by atoms with Gasteiger partial charge in [-0.15, -0.1) is 24.0 Å². The van der Waals surface area contributed by atoms with Crippen LogP contribution in [0.15, 0.2) is 41.4 Å².